The first kappa shape index (κ1) is 14.8. The summed E-state index contributed by atoms with van der Waals surface area (Å²) in [4.78, 5) is 13.8. The molecular formula is C14H17F3N2O. The predicted octanol–water partition coefficient (Wildman–Crippen LogP) is 2.51. The van der Waals surface area contributed by atoms with Gasteiger partial charge in [-0.1, -0.05) is 6.07 Å². The molecule has 2 atom stereocenters. The number of carbonyl (C=O) groups excluding carboxylic acids is 1. The summed E-state index contributed by atoms with van der Waals surface area (Å²) in [5, 5.41) is 0. The second-order valence-corrected chi connectivity index (χ2v) is 5.24. The van der Waals surface area contributed by atoms with Crippen molar-refractivity contribution in [1.29, 1.82) is 0 Å². The number of nitrogens with two attached hydrogens (primary N) is 1. The fourth-order valence-corrected chi connectivity index (χ4v) is 2.41. The minimum Gasteiger partial charge on any atom is -0.338 e. The number of benzene rings is 1. The van der Waals surface area contributed by atoms with E-state index in [2.05, 4.69) is 0 Å². The molecule has 2 rings (SSSR count). The Morgan fingerprint density at radius 2 is 2.15 bits per heavy atom. The van der Waals surface area contributed by atoms with Crippen LogP contribution in [0.1, 0.15) is 29.3 Å². The molecule has 1 fully saturated rings. The van der Waals surface area contributed by atoms with Crippen LogP contribution in [0, 0.1) is 5.92 Å². The highest BCUT2D eigenvalue weighted by Gasteiger charge is 2.33. The molecule has 0 radical (unpaired) electrons. The van der Waals surface area contributed by atoms with Gasteiger partial charge in [-0.2, -0.15) is 13.2 Å². The Kier molecular flexibility index (Phi) is 4.04. The number of amides is 1. The van der Waals surface area contributed by atoms with Crippen LogP contribution in [0.2, 0.25) is 0 Å². The van der Waals surface area contributed by atoms with Crippen LogP contribution in [-0.2, 0) is 6.18 Å². The smallest absolute Gasteiger partial charge is 0.338 e. The maximum atomic E-state index is 12.6. The lowest BCUT2D eigenvalue weighted by molar-refractivity contribution is -0.137. The molecule has 1 aliphatic rings. The Morgan fingerprint density at radius 3 is 2.70 bits per heavy atom. The second-order valence-electron chi connectivity index (χ2n) is 5.24. The molecule has 1 amide bonds. The van der Waals surface area contributed by atoms with Gasteiger partial charge in [-0.25, -0.2) is 0 Å². The molecule has 6 heteroatoms. The van der Waals surface area contributed by atoms with Crippen LogP contribution in [0.15, 0.2) is 24.3 Å². The second kappa shape index (κ2) is 5.44. The van der Waals surface area contributed by atoms with E-state index in [0.717, 1.165) is 18.6 Å². The zero-order valence-corrected chi connectivity index (χ0v) is 11.2. The molecule has 2 unspecified atom stereocenters. The zero-order valence-electron chi connectivity index (χ0n) is 11.2. The lowest BCUT2D eigenvalue weighted by Gasteiger charge is -2.18. The van der Waals surface area contributed by atoms with Gasteiger partial charge in [0, 0.05) is 24.7 Å². The number of rotatable bonds is 2. The van der Waals surface area contributed by atoms with Crippen molar-refractivity contribution < 1.29 is 18.0 Å². The number of hydrogen-bond donors (Lipinski definition) is 1. The molecule has 110 valence electrons. The van der Waals surface area contributed by atoms with Gasteiger partial charge in [-0.15, -0.1) is 0 Å². The SMILES string of the molecule is CC(N)C1CCN(C(=O)c2cccc(C(F)(F)F)c2)C1. The van der Waals surface area contributed by atoms with Gasteiger partial charge in [0.25, 0.3) is 5.91 Å². The van der Waals surface area contributed by atoms with Gasteiger partial charge < -0.3 is 10.6 Å². The van der Waals surface area contributed by atoms with Crippen molar-refractivity contribution in [2.45, 2.75) is 25.6 Å². The Bertz CT molecular complexity index is 499. The molecule has 0 aliphatic carbocycles. The van der Waals surface area contributed by atoms with Gasteiger partial charge >= 0.3 is 6.18 Å². The van der Waals surface area contributed by atoms with E-state index in [9.17, 15) is 18.0 Å². The molecular weight excluding hydrogens is 269 g/mol. The summed E-state index contributed by atoms with van der Waals surface area (Å²) < 4.78 is 37.9. The minimum atomic E-state index is -4.43. The molecule has 2 N–H and O–H groups in total. The van der Waals surface area contributed by atoms with Gasteiger partial charge in [-0.3, -0.25) is 4.79 Å². The summed E-state index contributed by atoms with van der Waals surface area (Å²) in [6, 6.07) is 4.52. The van der Waals surface area contributed by atoms with Crippen LogP contribution >= 0.6 is 0 Å². The molecule has 1 saturated heterocycles. The molecule has 0 saturated carbocycles. The highest BCUT2D eigenvalue weighted by atomic mass is 19.4. The standard InChI is InChI=1S/C14H17F3N2O/c1-9(18)11-5-6-19(8-11)13(20)10-3-2-4-12(7-10)14(15,16)17/h2-4,7,9,11H,5-6,8,18H2,1H3. The van der Waals surface area contributed by atoms with Gasteiger partial charge in [0.2, 0.25) is 0 Å². The maximum Gasteiger partial charge on any atom is 0.416 e. The quantitative estimate of drug-likeness (QED) is 0.908. The number of halogens is 3. The van der Waals surface area contributed by atoms with Crippen molar-refractivity contribution in [3.63, 3.8) is 0 Å². The fourth-order valence-electron chi connectivity index (χ4n) is 2.41. The van der Waals surface area contributed by atoms with Crippen LogP contribution in [0.4, 0.5) is 13.2 Å². The van der Waals surface area contributed by atoms with Crippen LogP contribution in [0.5, 0.6) is 0 Å². The summed E-state index contributed by atoms with van der Waals surface area (Å²) in [5.74, 6) is -0.149. The third-order valence-electron chi connectivity index (χ3n) is 3.69. The Morgan fingerprint density at radius 1 is 1.45 bits per heavy atom. The molecule has 20 heavy (non-hydrogen) atoms. The van der Waals surface area contributed by atoms with Gasteiger partial charge in [0.05, 0.1) is 5.56 Å². The Labute approximate surface area is 115 Å². The molecule has 1 heterocycles. The summed E-state index contributed by atoms with van der Waals surface area (Å²) in [6.07, 6.45) is -3.64. The average Bonchev–Trinajstić information content (AvgIpc) is 2.87. The number of alkyl halides is 3. The van der Waals surface area contributed by atoms with E-state index in [-0.39, 0.29) is 23.4 Å². The summed E-state index contributed by atoms with van der Waals surface area (Å²) >= 11 is 0. The minimum absolute atomic E-state index is 0.0192. The van der Waals surface area contributed by atoms with E-state index in [0.29, 0.717) is 13.1 Å². The van der Waals surface area contributed by atoms with Crippen LogP contribution in [-0.4, -0.2) is 29.9 Å². The van der Waals surface area contributed by atoms with Crippen LogP contribution in [0.25, 0.3) is 0 Å². The highest BCUT2D eigenvalue weighted by molar-refractivity contribution is 5.94. The largest absolute Gasteiger partial charge is 0.416 e. The number of carbonyl (C=O) groups is 1. The van der Waals surface area contributed by atoms with Crippen molar-refractivity contribution in [3.05, 3.63) is 35.4 Å². The van der Waals surface area contributed by atoms with E-state index in [1.165, 1.54) is 12.1 Å². The summed E-state index contributed by atoms with van der Waals surface area (Å²) in [5.41, 5.74) is 5.07. The molecule has 0 bridgehead atoms. The Hall–Kier alpha value is -1.56. The van der Waals surface area contributed by atoms with E-state index >= 15 is 0 Å². The average molecular weight is 286 g/mol. The first-order valence-electron chi connectivity index (χ1n) is 6.51. The molecule has 0 spiro atoms. The maximum absolute atomic E-state index is 12.6. The highest BCUT2D eigenvalue weighted by Crippen LogP contribution is 2.30. The van der Waals surface area contributed by atoms with Crippen molar-refractivity contribution in [3.8, 4) is 0 Å². The van der Waals surface area contributed by atoms with Crippen molar-refractivity contribution in [2.24, 2.45) is 11.7 Å². The number of nitrogens with zero attached hydrogens (tertiary/aromatic N) is 1. The molecule has 1 aliphatic heterocycles. The first-order chi connectivity index (χ1) is 9.29. The van der Waals surface area contributed by atoms with E-state index < -0.39 is 11.7 Å². The molecule has 0 aromatic heterocycles. The van der Waals surface area contributed by atoms with Crippen molar-refractivity contribution >= 4 is 5.91 Å². The predicted molar refractivity (Wildman–Crippen MR) is 69.1 cm³/mol. The third kappa shape index (κ3) is 3.12. The third-order valence-corrected chi connectivity index (χ3v) is 3.69. The zero-order chi connectivity index (χ0) is 14.9. The lowest BCUT2D eigenvalue weighted by atomic mass is 10.0. The van der Waals surface area contributed by atoms with Crippen LogP contribution in [0.3, 0.4) is 0 Å². The normalized spacial score (nSPS) is 21.1. The monoisotopic (exact) mass is 286 g/mol. The van der Waals surface area contributed by atoms with Crippen molar-refractivity contribution in [1.82, 2.24) is 4.90 Å². The fraction of sp³-hybridized carbons (Fsp3) is 0.500. The Balaban J connectivity index is 2.14. The number of hydrogen-bond acceptors (Lipinski definition) is 2. The summed E-state index contributed by atoms with van der Waals surface area (Å²) in [6.45, 7) is 2.93. The molecule has 1 aromatic carbocycles. The van der Waals surface area contributed by atoms with E-state index in [1.807, 2.05) is 6.92 Å². The summed E-state index contributed by atoms with van der Waals surface area (Å²) in [7, 11) is 0. The van der Waals surface area contributed by atoms with E-state index in [1.54, 1.807) is 4.90 Å². The topological polar surface area (TPSA) is 46.3 Å². The first-order valence-corrected chi connectivity index (χ1v) is 6.51. The number of likely N-dealkylation sites (tertiary alicyclic amines) is 1. The van der Waals surface area contributed by atoms with Crippen molar-refractivity contribution in [2.75, 3.05) is 13.1 Å². The van der Waals surface area contributed by atoms with Gasteiger partial charge in [-0.05, 0) is 37.5 Å². The van der Waals surface area contributed by atoms with E-state index in [4.69, 9.17) is 5.73 Å². The lowest BCUT2D eigenvalue weighted by Crippen LogP contribution is -2.33. The van der Waals surface area contributed by atoms with Crippen LogP contribution < -0.4 is 5.73 Å². The molecule has 3 nitrogen and oxygen atoms in total. The van der Waals surface area contributed by atoms with Gasteiger partial charge in [0.15, 0.2) is 0 Å². The van der Waals surface area contributed by atoms with Gasteiger partial charge in [0.1, 0.15) is 0 Å². The molecule has 1 aromatic rings.